The monoisotopic (exact) mass is 292 g/mol. The molecule has 0 saturated heterocycles. The number of nitrogens with one attached hydrogen (secondary N) is 1. The minimum atomic E-state index is -1.06. The van der Waals surface area contributed by atoms with Crippen LogP contribution in [0.25, 0.3) is 0 Å². The first-order chi connectivity index (χ1) is 9.57. The fraction of sp³-hybridized carbons (Fsp3) is 0.286. The van der Waals surface area contributed by atoms with Gasteiger partial charge >= 0.3 is 12.0 Å². The minimum absolute atomic E-state index is 0.0897. The summed E-state index contributed by atoms with van der Waals surface area (Å²) in [6, 6.07) is 6.02. The number of carboxylic acid groups (broad SMARTS) is 1. The molecule has 2 amide bonds. The maximum absolute atomic E-state index is 11.9. The molecule has 0 aliphatic heterocycles. The van der Waals surface area contributed by atoms with Crippen molar-refractivity contribution in [2.75, 3.05) is 30.0 Å². The van der Waals surface area contributed by atoms with Crippen molar-refractivity contribution >= 4 is 29.4 Å². The molecule has 0 bridgehead atoms. The number of carbonyl (C=O) groups is 2. The van der Waals surface area contributed by atoms with E-state index in [-0.39, 0.29) is 11.6 Å². The number of anilines is 1. The van der Waals surface area contributed by atoms with Gasteiger partial charge in [0.15, 0.2) is 0 Å². The smallest absolute Gasteiger partial charge is 0.337 e. The lowest BCUT2D eigenvalue weighted by molar-refractivity contribution is 0.0697. The second-order valence-corrected chi connectivity index (χ2v) is 4.98. The van der Waals surface area contributed by atoms with Gasteiger partial charge in [-0.15, -0.1) is 18.2 Å². The Kier molecular flexibility index (Phi) is 6.47. The van der Waals surface area contributed by atoms with E-state index < -0.39 is 5.97 Å². The Hall–Kier alpha value is -2.13. The second kappa shape index (κ2) is 8.12. The van der Waals surface area contributed by atoms with Crippen molar-refractivity contribution in [1.82, 2.24) is 5.32 Å². The van der Waals surface area contributed by atoms with Crippen molar-refractivity contribution in [3.63, 3.8) is 0 Å². The number of terminal acetylenes is 1. The Bertz CT molecular complexity index is 525. The molecule has 0 atom stereocenters. The number of hydrogen-bond donors (Lipinski definition) is 2. The molecule has 1 rings (SSSR count). The van der Waals surface area contributed by atoms with Crippen LogP contribution in [0, 0.1) is 12.3 Å². The fourth-order valence-electron chi connectivity index (χ4n) is 1.54. The maximum atomic E-state index is 11.9. The van der Waals surface area contributed by atoms with Crippen molar-refractivity contribution in [1.29, 1.82) is 0 Å². The molecule has 20 heavy (non-hydrogen) atoms. The normalized spacial score (nSPS) is 9.60. The molecular formula is C14H16N2O3S. The summed E-state index contributed by atoms with van der Waals surface area (Å²) in [5.41, 5.74) is 0.445. The number of nitrogens with zero attached hydrogens (tertiary/aromatic N) is 1. The number of carbonyl (C=O) groups excluding carboxylic acids is 1. The second-order valence-electron chi connectivity index (χ2n) is 3.87. The number of rotatable bonds is 6. The molecule has 2 N–H and O–H groups in total. The van der Waals surface area contributed by atoms with E-state index in [9.17, 15) is 9.59 Å². The van der Waals surface area contributed by atoms with Gasteiger partial charge < -0.3 is 10.4 Å². The highest BCUT2D eigenvalue weighted by atomic mass is 32.2. The van der Waals surface area contributed by atoms with Gasteiger partial charge in [-0.25, -0.2) is 9.59 Å². The molecule has 5 nitrogen and oxygen atoms in total. The number of thioether (sulfide) groups is 1. The van der Waals surface area contributed by atoms with Gasteiger partial charge in [0.25, 0.3) is 0 Å². The van der Waals surface area contributed by atoms with E-state index >= 15 is 0 Å². The highest BCUT2D eigenvalue weighted by Gasteiger charge is 2.17. The first-order valence-corrected chi connectivity index (χ1v) is 7.08. The van der Waals surface area contributed by atoms with Gasteiger partial charge in [-0.3, -0.25) is 4.90 Å². The Morgan fingerprint density at radius 1 is 1.45 bits per heavy atom. The first-order valence-electron chi connectivity index (χ1n) is 5.93. The summed E-state index contributed by atoms with van der Waals surface area (Å²) in [7, 11) is 1.53. The Labute approximate surface area is 122 Å². The molecule has 0 aliphatic rings. The number of aromatic carboxylic acids is 1. The quantitative estimate of drug-likeness (QED) is 0.620. The molecular weight excluding hydrogens is 276 g/mol. The molecule has 6 heteroatoms. The van der Waals surface area contributed by atoms with Crippen LogP contribution in [0.4, 0.5) is 10.5 Å². The zero-order valence-corrected chi connectivity index (χ0v) is 11.9. The topological polar surface area (TPSA) is 69.6 Å². The number of urea groups is 1. The maximum Gasteiger partial charge on any atom is 0.337 e. The predicted octanol–water partition coefficient (Wildman–Crippen LogP) is 1.90. The van der Waals surface area contributed by atoms with Gasteiger partial charge in [-0.05, 0) is 12.1 Å². The number of benzene rings is 1. The predicted molar refractivity (Wildman–Crippen MR) is 81.4 cm³/mol. The molecule has 1 aromatic carbocycles. The van der Waals surface area contributed by atoms with Crippen LogP contribution in [-0.2, 0) is 0 Å². The van der Waals surface area contributed by atoms with Crippen LogP contribution >= 0.6 is 11.8 Å². The third-order valence-corrected chi connectivity index (χ3v) is 3.37. The van der Waals surface area contributed by atoms with Crippen molar-refractivity contribution in [3.05, 3.63) is 29.8 Å². The number of hydrogen-bond acceptors (Lipinski definition) is 3. The molecule has 106 valence electrons. The molecule has 0 saturated carbocycles. The van der Waals surface area contributed by atoms with Crippen molar-refractivity contribution in [3.8, 4) is 12.3 Å². The van der Waals surface area contributed by atoms with Crippen LogP contribution in [0.15, 0.2) is 24.3 Å². The Balaban J connectivity index is 2.61. The molecule has 1 aromatic rings. The van der Waals surface area contributed by atoms with Crippen LogP contribution in [0.1, 0.15) is 10.4 Å². The molecule has 0 aromatic heterocycles. The van der Waals surface area contributed by atoms with Gasteiger partial charge in [0.1, 0.15) is 0 Å². The highest BCUT2D eigenvalue weighted by molar-refractivity contribution is 7.99. The summed E-state index contributed by atoms with van der Waals surface area (Å²) in [6.07, 6.45) is 5.12. The van der Waals surface area contributed by atoms with Crippen molar-refractivity contribution < 1.29 is 14.7 Å². The third-order valence-electron chi connectivity index (χ3n) is 2.51. The van der Waals surface area contributed by atoms with E-state index in [1.54, 1.807) is 30.0 Å². The highest BCUT2D eigenvalue weighted by Crippen LogP contribution is 2.19. The number of amides is 2. The van der Waals surface area contributed by atoms with Crippen molar-refractivity contribution in [2.45, 2.75) is 0 Å². The average molecular weight is 292 g/mol. The van der Waals surface area contributed by atoms with E-state index in [2.05, 4.69) is 11.2 Å². The van der Waals surface area contributed by atoms with Gasteiger partial charge in [0.2, 0.25) is 0 Å². The van der Waals surface area contributed by atoms with Gasteiger partial charge in [-0.2, -0.15) is 0 Å². The summed E-state index contributed by atoms with van der Waals surface area (Å²) in [4.78, 5) is 24.3. The van der Waals surface area contributed by atoms with Crippen LogP contribution in [0.5, 0.6) is 0 Å². The molecule has 0 unspecified atom stereocenters. The lowest BCUT2D eigenvalue weighted by Gasteiger charge is -2.19. The SMILES string of the molecule is C#CCSCCNC(=O)N(C)c1ccccc1C(=O)O. The van der Waals surface area contributed by atoms with Gasteiger partial charge in [0, 0.05) is 19.3 Å². The third kappa shape index (κ3) is 4.52. The van der Waals surface area contributed by atoms with Gasteiger partial charge in [0.05, 0.1) is 17.0 Å². The molecule has 0 spiro atoms. The summed E-state index contributed by atoms with van der Waals surface area (Å²) < 4.78 is 0. The summed E-state index contributed by atoms with van der Waals surface area (Å²) in [5, 5.41) is 11.8. The van der Waals surface area contributed by atoms with E-state index in [1.165, 1.54) is 18.0 Å². The van der Waals surface area contributed by atoms with E-state index in [1.807, 2.05) is 0 Å². The lowest BCUT2D eigenvalue weighted by atomic mass is 10.1. The standard InChI is InChI=1S/C14H16N2O3S/c1-3-9-20-10-8-15-14(19)16(2)12-7-5-4-6-11(12)13(17)18/h1,4-7H,8-10H2,2H3,(H,15,19)(H,17,18). The van der Waals surface area contributed by atoms with E-state index in [4.69, 9.17) is 11.5 Å². The van der Waals surface area contributed by atoms with Crippen LogP contribution < -0.4 is 10.2 Å². The molecule has 0 fully saturated rings. The lowest BCUT2D eigenvalue weighted by Crippen LogP contribution is -2.39. The first kappa shape index (κ1) is 15.9. The summed E-state index contributed by atoms with van der Waals surface area (Å²) in [6.45, 7) is 0.477. The summed E-state index contributed by atoms with van der Waals surface area (Å²) >= 11 is 1.55. The van der Waals surface area contributed by atoms with Crippen LogP contribution in [0.3, 0.4) is 0 Å². The number of carboxylic acids is 1. The van der Waals surface area contributed by atoms with Crippen molar-refractivity contribution in [2.24, 2.45) is 0 Å². The van der Waals surface area contributed by atoms with E-state index in [0.29, 0.717) is 23.7 Å². The van der Waals surface area contributed by atoms with E-state index in [0.717, 1.165) is 0 Å². The zero-order chi connectivity index (χ0) is 15.0. The average Bonchev–Trinajstić information content (AvgIpc) is 2.46. The summed E-state index contributed by atoms with van der Waals surface area (Å²) in [5.74, 6) is 2.75. The number of para-hydroxylation sites is 1. The minimum Gasteiger partial charge on any atom is -0.478 e. The molecule has 0 aliphatic carbocycles. The molecule has 0 radical (unpaired) electrons. The van der Waals surface area contributed by atoms with Gasteiger partial charge in [-0.1, -0.05) is 18.1 Å². The molecule has 0 heterocycles. The Morgan fingerprint density at radius 3 is 2.80 bits per heavy atom. The zero-order valence-electron chi connectivity index (χ0n) is 11.1. The fourth-order valence-corrected chi connectivity index (χ4v) is 2.04. The van der Waals surface area contributed by atoms with Crippen LogP contribution in [0.2, 0.25) is 0 Å². The van der Waals surface area contributed by atoms with Crippen LogP contribution in [-0.4, -0.2) is 42.2 Å². The largest absolute Gasteiger partial charge is 0.478 e. The Morgan fingerprint density at radius 2 is 2.15 bits per heavy atom.